The number of hydrogen-bond donors (Lipinski definition) is 0. The summed E-state index contributed by atoms with van der Waals surface area (Å²) in [5.41, 5.74) is 2.79. The number of ether oxygens (including phenoxy) is 1. The van der Waals surface area contributed by atoms with E-state index in [1.165, 1.54) is 12.4 Å². The second-order valence-electron chi connectivity index (χ2n) is 6.46. The summed E-state index contributed by atoms with van der Waals surface area (Å²) >= 11 is 6.43. The molecule has 1 heterocycles. The Labute approximate surface area is 179 Å². The summed E-state index contributed by atoms with van der Waals surface area (Å²) in [5, 5.41) is 0.566. The van der Waals surface area contributed by atoms with Gasteiger partial charge >= 0.3 is 5.97 Å². The molecule has 0 aliphatic heterocycles. The fourth-order valence-corrected chi connectivity index (χ4v) is 3.14. The molecule has 0 spiro atoms. The van der Waals surface area contributed by atoms with Crippen LogP contribution in [0.25, 0.3) is 0 Å². The number of para-hydroxylation sites is 2. The van der Waals surface area contributed by atoms with Gasteiger partial charge in [0.1, 0.15) is 6.61 Å². The lowest BCUT2D eigenvalue weighted by Crippen LogP contribution is -2.15. The number of aromatic nitrogens is 2. The number of halogens is 1. The second kappa shape index (κ2) is 9.20. The maximum Gasteiger partial charge on any atom is 0.341 e. The number of hydrogen-bond acceptors (Lipinski definition) is 5. The first-order valence-corrected chi connectivity index (χ1v) is 9.73. The van der Waals surface area contributed by atoms with Crippen molar-refractivity contribution >= 4 is 34.9 Å². The lowest BCUT2D eigenvalue weighted by atomic mass is 10.2. The van der Waals surface area contributed by atoms with Crippen molar-refractivity contribution in [1.29, 1.82) is 0 Å². The Balaban J connectivity index is 1.58. The molecule has 148 valence electrons. The number of carbonyl (C=O) groups is 1. The number of carbonyl (C=O) groups excluding carboxylic acids is 1. The molecular formula is C24H18ClN3O2. The van der Waals surface area contributed by atoms with Gasteiger partial charge in [0.25, 0.3) is 0 Å². The van der Waals surface area contributed by atoms with Gasteiger partial charge in [-0.2, -0.15) is 0 Å². The Bertz CT molecular complexity index is 1120. The van der Waals surface area contributed by atoms with Gasteiger partial charge < -0.3 is 4.74 Å². The fraction of sp³-hybridized carbons (Fsp3) is 0.0417. The highest BCUT2D eigenvalue weighted by Crippen LogP contribution is 2.36. The van der Waals surface area contributed by atoms with Gasteiger partial charge in [-0.05, 0) is 29.8 Å². The minimum atomic E-state index is -0.477. The zero-order valence-corrected chi connectivity index (χ0v) is 16.7. The molecule has 0 unspecified atom stereocenters. The topological polar surface area (TPSA) is 55.3 Å². The molecule has 6 heteroatoms. The van der Waals surface area contributed by atoms with Crippen molar-refractivity contribution in [3.8, 4) is 0 Å². The van der Waals surface area contributed by atoms with Crippen LogP contribution in [0.5, 0.6) is 0 Å². The van der Waals surface area contributed by atoms with Crippen LogP contribution in [0.1, 0.15) is 15.9 Å². The lowest BCUT2D eigenvalue weighted by molar-refractivity contribution is 0.0471. The van der Waals surface area contributed by atoms with Crippen LogP contribution in [0, 0.1) is 0 Å². The van der Waals surface area contributed by atoms with Crippen LogP contribution in [0.15, 0.2) is 97.3 Å². The van der Waals surface area contributed by atoms with E-state index in [1.54, 1.807) is 0 Å². The maximum atomic E-state index is 12.4. The van der Waals surface area contributed by atoms with E-state index in [2.05, 4.69) is 9.97 Å². The average Bonchev–Trinajstić information content (AvgIpc) is 2.81. The van der Waals surface area contributed by atoms with Crippen LogP contribution in [0.4, 0.5) is 17.3 Å². The first-order chi connectivity index (χ1) is 14.7. The first-order valence-electron chi connectivity index (χ1n) is 9.35. The highest BCUT2D eigenvalue weighted by Gasteiger charge is 2.18. The van der Waals surface area contributed by atoms with Crippen LogP contribution in [0.3, 0.4) is 0 Å². The average molecular weight is 416 g/mol. The summed E-state index contributed by atoms with van der Waals surface area (Å²) < 4.78 is 5.35. The smallest absolute Gasteiger partial charge is 0.341 e. The highest BCUT2D eigenvalue weighted by atomic mass is 35.5. The molecule has 5 nitrogen and oxygen atoms in total. The third-order valence-electron chi connectivity index (χ3n) is 4.39. The minimum absolute atomic E-state index is 0.192. The molecule has 0 N–H and O–H groups in total. The lowest BCUT2D eigenvalue weighted by Gasteiger charge is -2.23. The summed E-state index contributed by atoms with van der Waals surface area (Å²) in [7, 11) is 0. The van der Waals surface area contributed by atoms with Crippen molar-refractivity contribution in [2.24, 2.45) is 0 Å². The molecule has 0 aliphatic carbocycles. The van der Waals surface area contributed by atoms with Gasteiger partial charge in [-0.3, -0.25) is 4.90 Å². The van der Waals surface area contributed by atoms with Gasteiger partial charge in [-0.15, -0.1) is 0 Å². The van der Waals surface area contributed by atoms with Crippen molar-refractivity contribution in [2.75, 3.05) is 4.90 Å². The predicted molar refractivity (Wildman–Crippen MR) is 117 cm³/mol. The van der Waals surface area contributed by atoms with E-state index in [4.69, 9.17) is 16.3 Å². The number of rotatable bonds is 6. The number of anilines is 3. The highest BCUT2D eigenvalue weighted by molar-refractivity contribution is 6.33. The largest absolute Gasteiger partial charge is 0.457 e. The Hall–Kier alpha value is -3.70. The van der Waals surface area contributed by atoms with E-state index in [0.29, 0.717) is 11.0 Å². The van der Waals surface area contributed by atoms with Crippen molar-refractivity contribution in [3.63, 3.8) is 0 Å². The van der Waals surface area contributed by atoms with Gasteiger partial charge in [0, 0.05) is 18.1 Å². The van der Waals surface area contributed by atoms with E-state index in [9.17, 15) is 4.79 Å². The van der Waals surface area contributed by atoms with E-state index in [0.717, 1.165) is 16.9 Å². The molecule has 1 aromatic heterocycles. The minimum Gasteiger partial charge on any atom is -0.457 e. The van der Waals surface area contributed by atoms with Crippen molar-refractivity contribution in [3.05, 3.63) is 113 Å². The molecule has 0 bridgehead atoms. The van der Waals surface area contributed by atoms with Gasteiger partial charge in [-0.1, -0.05) is 72.3 Å². The van der Waals surface area contributed by atoms with Crippen LogP contribution < -0.4 is 4.90 Å². The maximum absolute atomic E-state index is 12.4. The van der Waals surface area contributed by atoms with Gasteiger partial charge in [0.2, 0.25) is 5.95 Å². The van der Waals surface area contributed by atoms with Crippen LogP contribution in [0.2, 0.25) is 5.02 Å². The predicted octanol–water partition coefficient (Wildman–Crippen LogP) is 5.96. The number of nitrogens with zero attached hydrogens (tertiary/aromatic N) is 3. The van der Waals surface area contributed by atoms with Gasteiger partial charge in [0.15, 0.2) is 0 Å². The van der Waals surface area contributed by atoms with Crippen LogP contribution in [-0.4, -0.2) is 15.9 Å². The molecule has 0 amide bonds. The van der Waals surface area contributed by atoms with Crippen LogP contribution in [-0.2, 0) is 11.3 Å². The Morgan fingerprint density at radius 3 is 2.10 bits per heavy atom. The molecule has 3 aromatic carbocycles. The van der Waals surface area contributed by atoms with E-state index >= 15 is 0 Å². The summed E-state index contributed by atoms with van der Waals surface area (Å²) in [4.78, 5) is 23.0. The van der Waals surface area contributed by atoms with E-state index < -0.39 is 5.97 Å². The van der Waals surface area contributed by atoms with Crippen molar-refractivity contribution < 1.29 is 9.53 Å². The monoisotopic (exact) mass is 415 g/mol. The molecule has 4 aromatic rings. The van der Waals surface area contributed by atoms with Crippen molar-refractivity contribution in [2.45, 2.75) is 6.61 Å². The number of esters is 1. The Morgan fingerprint density at radius 1 is 0.833 bits per heavy atom. The molecule has 0 fully saturated rings. The summed E-state index contributed by atoms with van der Waals surface area (Å²) in [5.74, 6) is -0.0803. The first kappa shape index (κ1) is 19.6. The third kappa shape index (κ3) is 4.47. The second-order valence-corrected chi connectivity index (χ2v) is 6.86. The molecule has 0 saturated carbocycles. The molecule has 0 atom stereocenters. The van der Waals surface area contributed by atoms with Gasteiger partial charge in [0.05, 0.1) is 16.3 Å². The number of benzene rings is 3. The third-order valence-corrected chi connectivity index (χ3v) is 4.71. The molecule has 0 aliphatic rings. The molecule has 30 heavy (non-hydrogen) atoms. The Kier molecular flexibility index (Phi) is 6.01. The molecule has 4 rings (SSSR count). The quantitative estimate of drug-likeness (QED) is 0.364. The van der Waals surface area contributed by atoms with Crippen molar-refractivity contribution in [1.82, 2.24) is 9.97 Å². The molecular weight excluding hydrogens is 398 g/mol. The zero-order chi connectivity index (χ0) is 20.8. The van der Waals surface area contributed by atoms with Gasteiger partial charge in [-0.25, -0.2) is 14.8 Å². The standard InChI is InChI=1S/C24H18ClN3O2/c25-21-13-7-8-14-22(21)28(20-11-5-2-6-12-20)24-26-15-19(16-27-24)23(29)30-17-18-9-3-1-4-10-18/h1-16H,17H2. The molecule has 0 radical (unpaired) electrons. The summed E-state index contributed by atoms with van der Waals surface area (Å²) in [6.07, 6.45) is 2.92. The zero-order valence-electron chi connectivity index (χ0n) is 16.0. The van der Waals surface area contributed by atoms with E-state index in [-0.39, 0.29) is 12.2 Å². The fourth-order valence-electron chi connectivity index (χ4n) is 2.92. The normalized spacial score (nSPS) is 10.4. The van der Waals surface area contributed by atoms with E-state index in [1.807, 2.05) is 89.8 Å². The van der Waals surface area contributed by atoms with Crippen LogP contribution >= 0.6 is 11.6 Å². The Morgan fingerprint density at radius 2 is 1.43 bits per heavy atom. The summed E-state index contributed by atoms with van der Waals surface area (Å²) in [6, 6.07) is 26.6. The summed E-state index contributed by atoms with van der Waals surface area (Å²) in [6.45, 7) is 0.192. The molecule has 0 saturated heterocycles. The SMILES string of the molecule is O=C(OCc1ccccc1)c1cnc(N(c2ccccc2)c2ccccc2Cl)nc1.